The molecule has 0 bridgehead atoms. The van der Waals surface area contributed by atoms with Crippen LogP contribution in [-0.4, -0.2) is 9.97 Å². The molecule has 3 N–H and O–H groups in total. The SMILES string of the molecule is N#CC1=C(N)Oc2nc[nH]c(=O)c2C1c1ccc(F)cc1. The van der Waals surface area contributed by atoms with E-state index in [1.54, 1.807) is 0 Å². The number of rotatable bonds is 1. The van der Waals surface area contributed by atoms with E-state index in [-0.39, 0.29) is 22.9 Å². The molecule has 1 aromatic carbocycles. The average molecular weight is 284 g/mol. The predicted octanol–water partition coefficient (Wildman–Crippen LogP) is 1.13. The van der Waals surface area contributed by atoms with Gasteiger partial charge in [0.2, 0.25) is 11.8 Å². The summed E-state index contributed by atoms with van der Waals surface area (Å²) in [6.45, 7) is 0. The van der Waals surface area contributed by atoms with Crippen LogP contribution in [0.4, 0.5) is 4.39 Å². The van der Waals surface area contributed by atoms with Crippen LogP contribution in [0.25, 0.3) is 0 Å². The van der Waals surface area contributed by atoms with Crippen LogP contribution in [0.15, 0.2) is 46.8 Å². The number of aromatic nitrogens is 2. The molecule has 1 aliphatic rings. The molecule has 1 aromatic heterocycles. The lowest BCUT2D eigenvalue weighted by molar-refractivity contribution is 0.375. The van der Waals surface area contributed by atoms with Gasteiger partial charge in [-0.3, -0.25) is 4.79 Å². The lowest BCUT2D eigenvalue weighted by Crippen LogP contribution is -2.28. The van der Waals surface area contributed by atoms with Crippen LogP contribution in [0.5, 0.6) is 5.88 Å². The number of aromatic amines is 1. The quantitative estimate of drug-likeness (QED) is 0.816. The van der Waals surface area contributed by atoms with Crippen LogP contribution in [0, 0.1) is 17.1 Å². The zero-order valence-electron chi connectivity index (χ0n) is 10.6. The molecule has 1 atom stereocenters. The lowest BCUT2D eigenvalue weighted by Gasteiger charge is -2.24. The molecule has 1 unspecified atom stereocenters. The minimum absolute atomic E-state index is 0.0459. The average Bonchev–Trinajstić information content (AvgIpc) is 2.47. The van der Waals surface area contributed by atoms with Gasteiger partial charge < -0.3 is 15.5 Å². The molecule has 7 heteroatoms. The first-order chi connectivity index (χ1) is 10.1. The van der Waals surface area contributed by atoms with Crippen LogP contribution < -0.4 is 16.0 Å². The third-order valence-electron chi connectivity index (χ3n) is 3.23. The van der Waals surface area contributed by atoms with Crippen molar-refractivity contribution < 1.29 is 9.13 Å². The van der Waals surface area contributed by atoms with Crippen LogP contribution in [0.2, 0.25) is 0 Å². The summed E-state index contributed by atoms with van der Waals surface area (Å²) in [4.78, 5) is 18.4. The molecule has 0 amide bonds. The Balaban J connectivity index is 2.28. The van der Waals surface area contributed by atoms with Gasteiger partial charge in [0.15, 0.2) is 0 Å². The van der Waals surface area contributed by atoms with Crippen molar-refractivity contribution in [3.8, 4) is 11.9 Å². The third-order valence-corrected chi connectivity index (χ3v) is 3.23. The fraction of sp³-hybridized carbons (Fsp3) is 0.0714. The van der Waals surface area contributed by atoms with Crippen LogP contribution in [0.3, 0.4) is 0 Å². The van der Waals surface area contributed by atoms with Gasteiger partial charge in [-0.2, -0.15) is 5.26 Å². The summed E-state index contributed by atoms with van der Waals surface area (Å²) in [5.74, 6) is -1.22. The van der Waals surface area contributed by atoms with E-state index in [4.69, 9.17) is 10.5 Å². The van der Waals surface area contributed by atoms with Gasteiger partial charge in [0.1, 0.15) is 17.5 Å². The molecule has 2 aromatic rings. The summed E-state index contributed by atoms with van der Waals surface area (Å²) in [6, 6.07) is 7.43. The number of nitrogens with one attached hydrogen (secondary N) is 1. The van der Waals surface area contributed by atoms with E-state index in [1.807, 2.05) is 6.07 Å². The fourth-order valence-electron chi connectivity index (χ4n) is 2.28. The number of nitrogens with zero attached hydrogens (tertiary/aromatic N) is 2. The first kappa shape index (κ1) is 12.9. The Kier molecular flexibility index (Phi) is 2.92. The highest BCUT2D eigenvalue weighted by molar-refractivity contribution is 5.52. The number of hydrogen-bond acceptors (Lipinski definition) is 5. The molecule has 21 heavy (non-hydrogen) atoms. The number of halogens is 1. The van der Waals surface area contributed by atoms with Crippen molar-refractivity contribution in [1.82, 2.24) is 9.97 Å². The van der Waals surface area contributed by atoms with E-state index in [0.29, 0.717) is 5.56 Å². The molecule has 0 saturated heterocycles. The van der Waals surface area contributed by atoms with E-state index in [1.165, 1.54) is 30.6 Å². The van der Waals surface area contributed by atoms with Gasteiger partial charge in [0.25, 0.3) is 5.56 Å². The van der Waals surface area contributed by atoms with E-state index >= 15 is 0 Å². The summed E-state index contributed by atoms with van der Waals surface area (Å²) in [7, 11) is 0. The topological polar surface area (TPSA) is 105 Å². The fourth-order valence-corrected chi connectivity index (χ4v) is 2.28. The van der Waals surface area contributed by atoms with E-state index in [0.717, 1.165) is 0 Å². The largest absolute Gasteiger partial charge is 0.422 e. The second-order valence-corrected chi connectivity index (χ2v) is 4.43. The Morgan fingerprint density at radius 1 is 1.38 bits per heavy atom. The maximum atomic E-state index is 13.1. The van der Waals surface area contributed by atoms with Crippen LogP contribution in [-0.2, 0) is 0 Å². The van der Waals surface area contributed by atoms with Crippen molar-refractivity contribution in [2.75, 3.05) is 0 Å². The maximum Gasteiger partial charge on any atom is 0.258 e. The summed E-state index contributed by atoms with van der Waals surface area (Å²) in [5.41, 5.74) is 6.11. The lowest BCUT2D eigenvalue weighted by atomic mass is 9.85. The molecular formula is C14H9FN4O2. The standard InChI is InChI=1S/C14H9FN4O2/c15-8-3-1-7(2-4-8)10-9(5-16)12(17)21-14-11(10)13(20)18-6-19-14/h1-4,6,10H,17H2,(H,18,19,20). The van der Waals surface area contributed by atoms with Crippen LogP contribution >= 0.6 is 0 Å². The normalized spacial score (nSPS) is 16.9. The van der Waals surface area contributed by atoms with Crippen molar-refractivity contribution >= 4 is 0 Å². The minimum atomic E-state index is -0.739. The second-order valence-electron chi connectivity index (χ2n) is 4.43. The Morgan fingerprint density at radius 2 is 2.10 bits per heavy atom. The smallest absolute Gasteiger partial charge is 0.258 e. The summed E-state index contributed by atoms with van der Waals surface area (Å²) in [6.07, 6.45) is 1.19. The molecule has 0 aliphatic carbocycles. The molecule has 104 valence electrons. The zero-order valence-corrected chi connectivity index (χ0v) is 10.6. The number of H-pyrrole nitrogens is 1. The van der Waals surface area contributed by atoms with Gasteiger partial charge in [0, 0.05) is 0 Å². The van der Waals surface area contributed by atoms with E-state index in [2.05, 4.69) is 9.97 Å². The van der Waals surface area contributed by atoms with Gasteiger partial charge >= 0.3 is 0 Å². The maximum absolute atomic E-state index is 13.1. The van der Waals surface area contributed by atoms with Crippen molar-refractivity contribution in [3.05, 3.63) is 69.3 Å². The monoisotopic (exact) mass is 284 g/mol. The molecule has 0 fully saturated rings. The molecule has 3 rings (SSSR count). The van der Waals surface area contributed by atoms with Crippen molar-refractivity contribution in [3.63, 3.8) is 0 Å². The number of allylic oxidation sites excluding steroid dienone is 1. The van der Waals surface area contributed by atoms with E-state index in [9.17, 15) is 14.4 Å². The molecular weight excluding hydrogens is 275 g/mol. The summed E-state index contributed by atoms with van der Waals surface area (Å²) in [5, 5.41) is 9.29. The first-order valence-corrected chi connectivity index (χ1v) is 6.02. The number of fused-ring (bicyclic) bond motifs is 1. The molecule has 2 heterocycles. The highest BCUT2D eigenvalue weighted by Gasteiger charge is 2.33. The van der Waals surface area contributed by atoms with Gasteiger partial charge in [-0.1, -0.05) is 12.1 Å². The van der Waals surface area contributed by atoms with Crippen molar-refractivity contribution in [2.45, 2.75) is 5.92 Å². The molecule has 1 aliphatic heterocycles. The van der Waals surface area contributed by atoms with Crippen molar-refractivity contribution in [1.29, 1.82) is 5.26 Å². The second kappa shape index (κ2) is 4.76. The minimum Gasteiger partial charge on any atom is -0.422 e. The number of benzene rings is 1. The molecule has 0 radical (unpaired) electrons. The van der Waals surface area contributed by atoms with Gasteiger partial charge in [0.05, 0.1) is 17.8 Å². The van der Waals surface area contributed by atoms with Gasteiger partial charge in [-0.15, -0.1) is 0 Å². The summed E-state index contributed by atoms with van der Waals surface area (Å²) >= 11 is 0. The van der Waals surface area contributed by atoms with Crippen molar-refractivity contribution in [2.24, 2.45) is 5.73 Å². The summed E-state index contributed by atoms with van der Waals surface area (Å²) < 4.78 is 18.3. The number of nitrogens with two attached hydrogens (primary N) is 1. The molecule has 6 nitrogen and oxygen atoms in total. The Bertz CT molecular complexity index is 833. The third kappa shape index (κ3) is 2.03. The Labute approximate surface area is 118 Å². The number of ether oxygens (including phenoxy) is 1. The molecule has 0 spiro atoms. The van der Waals surface area contributed by atoms with Gasteiger partial charge in [-0.25, -0.2) is 9.37 Å². The number of nitriles is 1. The first-order valence-electron chi connectivity index (χ1n) is 6.02. The Hall–Kier alpha value is -3.14. The highest BCUT2D eigenvalue weighted by atomic mass is 19.1. The van der Waals surface area contributed by atoms with Crippen LogP contribution in [0.1, 0.15) is 17.0 Å². The molecule has 0 saturated carbocycles. The zero-order chi connectivity index (χ0) is 15.0. The number of hydrogen-bond donors (Lipinski definition) is 2. The van der Waals surface area contributed by atoms with Gasteiger partial charge in [-0.05, 0) is 17.7 Å². The Morgan fingerprint density at radius 3 is 2.76 bits per heavy atom. The highest BCUT2D eigenvalue weighted by Crippen LogP contribution is 2.38. The van der Waals surface area contributed by atoms with E-state index < -0.39 is 17.3 Å². The predicted molar refractivity (Wildman–Crippen MR) is 70.6 cm³/mol.